The molecule has 0 spiro atoms. The molecule has 1 aliphatic rings. The molecule has 1 fully saturated rings. The number of amides is 2. The van der Waals surface area contributed by atoms with Gasteiger partial charge in [-0.2, -0.15) is 18.3 Å². The van der Waals surface area contributed by atoms with E-state index in [1.165, 1.54) is 22.8 Å². The molecule has 136 valence electrons. The van der Waals surface area contributed by atoms with Crippen LogP contribution in [-0.4, -0.2) is 52.7 Å². The molecule has 1 saturated heterocycles. The minimum atomic E-state index is -4.59. The van der Waals surface area contributed by atoms with Gasteiger partial charge in [-0.05, 0) is 26.2 Å². The Labute approximate surface area is 138 Å². The van der Waals surface area contributed by atoms with Gasteiger partial charge in [-0.25, -0.2) is 4.79 Å². The van der Waals surface area contributed by atoms with E-state index in [4.69, 9.17) is 4.74 Å². The Hall–Kier alpha value is -1.77. The van der Waals surface area contributed by atoms with Gasteiger partial charge in [0.1, 0.15) is 0 Å². The molecule has 0 bridgehead atoms. The summed E-state index contributed by atoms with van der Waals surface area (Å²) < 4.78 is 46.6. The zero-order valence-corrected chi connectivity index (χ0v) is 14.1. The second-order valence-electron chi connectivity index (χ2n) is 6.37. The minimum absolute atomic E-state index is 0.0881. The van der Waals surface area contributed by atoms with Crippen LogP contribution in [0, 0.1) is 0 Å². The molecule has 2 heterocycles. The summed E-state index contributed by atoms with van der Waals surface area (Å²) in [5.41, 5.74) is -0.433. The maximum absolute atomic E-state index is 13.3. The topological polar surface area (TPSA) is 59.4 Å². The highest BCUT2D eigenvalue weighted by Gasteiger charge is 2.43. The van der Waals surface area contributed by atoms with Crippen LogP contribution < -0.4 is 5.32 Å². The standard InChI is InChI=1S/C15H23F3N4O2/c1-14(24-3)5-4-7-22(8-6-14)13(23)20-12(15(16,17)18)11-9-19-21(2)10-11/h9-10,12H,4-8H2,1-3H3,(H,20,23)/t12-,14-/m1/s1. The maximum atomic E-state index is 13.3. The fourth-order valence-electron chi connectivity index (χ4n) is 2.82. The molecule has 24 heavy (non-hydrogen) atoms. The van der Waals surface area contributed by atoms with Crippen molar-refractivity contribution < 1.29 is 22.7 Å². The van der Waals surface area contributed by atoms with Gasteiger partial charge in [0.2, 0.25) is 0 Å². The van der Waals surface area contributed by atoms with Crippen molar-refractivity contribution in [2.24, 2.45) is 7.05 Å². The first kappa shape index (κ1) is 18.6. The number of nitrogens with zero attached hydrogens (tertiary/aromatic N) is 3. The van der Waals surface area contributed by atoms with Gasteiger partial charge in [0.05, 0.1) is 11.8 Å². The molecule has 1 N–H and O–H groups in total. The Balaban J connectivity index is 2.08. The van der Waals surface area contributed by atoms with Crippen molar-refractivity contribution in [1.82, 2.24) is 20.0 Å². The smallest absolute Gasteiger partial charge is 0.378 e. The van der Waals surface area contributed by atoms with Crippen LogP contribution in [-0.2, 0) is 11.8 Å². The quantitative estimate of drug-likeness (QED) is 0.913. The number of aryl methyl sites for hydroxylation is 1. The van der Waals surface area contributed by atoms with Crippen molar-refractivity contribution in [1.29, 1.82) is 0 Å². The lowest BCUT2D eigenvalue weighted by Gasteiger charge is -2.28. The first-order valence-electron chi connectivity index (χ1n) is 7.80. The molecule has 1 aliphatic heterocycles. The molecule has 1 aromatic heterocycles. The highest BCUT2D eigenvalue weighted by atomic mass is 19.4. The van der Waals surface area contributed by atoms with Crippen molar-refractivity contribution in [3.8, 4) is 0 Å². The number of hydrogen-bond acceptors (Lipinski definition) is 3. The molecule has 2 rings (SSSR count). The molecule has 6 nitrogen and oxygen atoms in total. The van der Waals surface area contributed by atoms with E-state index in [-0.39, 0.29) is 11.2 Å². The molecule has 2 atom stereocenters. The minimum Gasteiger partial charge on any atom is -0.378 e. The van der Waals surface area contributed by atoms with Gasteiger partial charge in [0.25, 0.3) is 0 Å². The fourth-order valence-corrected chi connectivity index (χ4v) is 2.82. The molecule has 0 radical (unpaired) electrons. The molecule has 0 saturated carbocycles. The highest BCUT2D eigenvalue weighted by molar-refractivity contribution is 5.74. The van der Waals surface area contributed by atoms with Gasteiger partial charge in [0, 0.05) is 39.0 Å². The number of urea groups is 1. The lowest BCUT2D eigenvalue weighted by Crippen LogP contribution is -2.46. The molecule has 0 aliphatic carbocycles. The lowest BCUT2D eigenvalue weighted by atomic mass is 9.97. The van der Waals surface area contributed by atoms with E-state index in [0.717, 1.165) is 12.6 Å². The van der Waals surface area contributed by atoms with Crippen LogP contribution in [0.15, 0.2) is 12.4 Å². The third-order valence-electron chi connectivity index (χ3n) is 4.48. The van der Waals surface area contributed by atoms with Crippen molar-refractivity contribution >= 4 is 6.03 Å². The number of aromatic nitrogens is 2. The van der Waals surface area contributed by atoms with Crippen LogP contribution in [0.1, 0.15) is 37.8 Å². The highest BCUT2D eigenvalue weighted by Crippen LogP contribution is 2.33. The van der Waals surface area contributed by atoms with Crippen molar-refractivity contribution in [3.05, 3.63) is 18.0 Å². The van der Waals surface area contributed by atoms with E-state index in [2.05, 4.69) is 10.4 Å². The first-order valence-corrected chi connectivity index (χ1v) is 7.80. The van der Waals surface area contributed by atoms with Gasteiger partial charge in [-0.3, -0.25) is 4.68 Å². The first-order chi connectivity index (χ1) is 11.1. The Kier molecular flexibility index (Phi) is 5.42. The van der Waals surface area contributed by atoms with Gasteiger partial charge in [0.15, 0.2) is 6.04 Å². The number of hydrogen-bond donors (Lipinski definition) is 1. The average molecular weight is 348 g/mol. The normalized spacial score (nSPS) is 23.7. The number of alkyl halides is 3. The lowest BCUT2D eigenvalue weighted by molar-refractivity contribution is -0.155. The summed E-state index contributed by atoms with van der Waals surface area (Å²) in [5.74, 6) is 0. The molecule has 1 aromatic rings. The van der Waals surface area contributed by atoms with Crippen molar-refractivity contribution in [3.63, 3.8) is 0 Å². The summed E-state index contributed by atoms with van der Waals surface area (Å²) in [6.07, 6.45) is -0.197. The van der Waals surface area contributed by atoms with E-state index in [0.29, 0.717) is 25.9 Å². The van der Waals surface area contributed by atoms with Crippen LogP contribution in [0.2, 0.25) is 0 Å². The van der Waals surface area contributed by atoms with E-state index in [1.807, 2.05) is 6.92 Å². The summed E-state index contributed by atoms with van der Waals surface area (Å²) in [6, 6.07) is -2.79. The summed E-state index contributed by atoms with van der Waals surface area (Å²) in [7, 11) is 3.14. The van der Waals surface area contributed by atoms with Crippen LogP contribution in [0.4, 0.5) is 18.0 Å². The van der Waals surface area contributed by atoms with Gasteiger partial charge in [-0.15, -0.1) is 0 Å². The number of carbonyl (C=O) groups is 1. The number of carbonyl (C=O) groups excluding carboxylic acids is 1. The van der Waals surface area contributed by atoms with E-state index in [9.17, 15) is 18.0 Å². The number of rotatable bonds is 3. The van der Waals surface area contributed by atoms with Crippen LogP contribution in [0.25, 0.3) is 0 Å². The largest absolute Gasteiger partial charge is 0.413 e. The van der Waals surface area contributed by atoms with E-state index >= 15 is 0 Å². The Morgan fingerprint density at radius 3 is 2.67 bits per heavy atom. The number of methoxy groups -OCH3 is 1. The van der Waals surface area contributed by atoms with E-state index in [1.54, 1.807) is 7.11 Å². The van der Waals surface area contributed by atoms with Gasteiger partial charge < -0.3 is 15.0 Å². The Morgan fingerprint density at radius 2 is 2.12 bits per heavy atom. The SMILES string of the molecule is CO[C@]1(C)CCCN(C(=O)N[C@H](c2cnn(C)c2)C(F)(F)F)CC1. The Morgan fingerprint density at radius 1 is 1.42 bits per heavy atom. The molecule has 0 aromatic carbocycles. The van der Waals surface area contributed by atoms with Crippen molar-refractivity contribution in [2.75, 3.05) is 20.2 Å². The molecule has 2 amide bonds. The number of nitrogens with one attached hydrogen (secondary N) is 1. The second-order valence-corrected chi connectivity index (χ2v) is 6.37. The van der Waals surface area contributed by atoms with Gasteiger partial charge in [-0.1, -0.05) is 0 Å². The summed E-state index contributed by atoms with van der Waals surface area (Å²) >= 11 is 0. The van der Waals surface area contributed by atoms with E-state index < -0.39 is 18.2 Å². The molecular weight excluding hydrogens is 325 g/mol. The van der Waals surface area contributed by atoms with Crippen LogP contribution in [0.3, 0.4) is 0 Å². The third kappa shape index (κ3) is 4.40. The zero-order valence-electron chi connectivity index (χ0n) is 14.1. The molecular formula is C15H23F3N4O2. The second kappa shape index (κ2) is 7.00. The Bertz CT molecular complexity index is 575. The average Bonchev–Trinajstić information content (AvgIpc) is 2.82. The number of ether oxygens (including phenoxy) is 1. The van der Waals surface area contributed by atoms with Crippen molar-refractivity contribution in [2.45, 2.75) is 44.0 Å². The van der Waals surface area contributed by atoms with Crippen LogP contribution in [0.5, 0.6) is 0 Å². The monoisotopic (exact) mass is 348 g/mol. The zero-order chi connectivity index (χ0) is 18.0. The molecule has 0 unspecified atom stereocenters. The van der Waals surface area contributed by atoms with Gasteiger partial charge >= 0.3 is 12.2 Å². The predicted molar refractivity (Wildman–Crippen MR) is 81.4 cm³/mol. The van der Waals surface area contributed by atoms with Crippen LogP contribution >= 0.6 is 0 Å². The third-order valence-corrected chi connectivity index (χ3v) is 4.48. The predicted octanol–water partition coefficient (Wildman–Crippen LogP) is 2.62. The maximum Gasteiger partial charge on any atom is 0.413 e. The summed E-state index contributed by atoms with van der Waals surface area (Å²) in [4.78, 5) is 13.8. The molecule has 9 heteroatoms. The number of halogens is 3. The fraction of sp³-hybridized carbons (Fsp3) is 0.733. The number of likely N-dealkylation sites (tertiary alicyclic amines) is 1. The summed E-state index contributed by atoms with van der Waals surface area (Å²) in [6.45, 7) is 2.71. The summed E-state index contributed by atoms with van der Waals surface area (Å²) in [5, 5.41) is 5.85.